The third kappa shape index (κ3) is 3.10. The van der Waals surface area contributed by atoms with E-state index in [1.165, 1.54) is 6.07 Å². The summed E-state index contributed by atoms with van der Waals surface area (Å²) in [5, 5.41) is 10.1. The van der Waals surface area contributed by atoms with Crippen LogP contribution in [0.15, 0.2) is 33.2 Å². The zero-order chi connectivity index (χ0) is 16.8. The molecule has 1 saturated heterocycles. The van der Waals surface area contributed by atoms with Gasteiger partial charge in [0.1, 0.15) is 5.58 Å². The zero-order valence-corrected chi connectivity index (χ0v) is 13.4. The van der Waals surface area contributed by atoms with E-state index in [2.05, 4.69) is 15.9 Å². The maximum atomic E-state index is 12.7. The number of hydrogen-bond acceptors (Lipinski definition) is 3. The van der Waals surface area contributed by atoms with E-state index < -0.39 is 24.2 Å². The van der Waals surface area contributed by atoms with Gasteiger partial charge < -0.3 is 14.4 Å². The van der Waals surface area contributed by atoms with Gasteiger partial charge in [0.05, 0.1) is 6.04 Å². The van der Waals surface area contributed by atoms with E-state index in [0.29, 0.717) is 17.4 Å². The topological polar surface area (TPSA) is 53.7 Å². The molecule has 1 aromatic heterocycles. The number of amides is 1. The second-order valence-corrected chi connectivity index (χ2v) is 6.40. The SMILES string of the molecule is O=C(c1cc2cc(Br)ccc2o1)N1CCCC1C(O)C(F)(F)F. The van der Waals surface area contributed by atoms with Crippen LogP contribution in [0, 0.1) is 0 Å². The van der Waals surface area contributed by atoms with Crippen LogP contribution < -0.4 is 0 Å². The Hall–Kier alpha value is -1.54. The van der Waals surface area contributed by atoms with Crippen LogP contribution in [0.2, 0.25) is 0 Å². The second kappa shape index (κ2) is 5.83. The molecule has 4 nitrogen and oxygen atoms in total. The maximum absolute atomic E-state index is 12.7. The molecule has 23 heavy (non-hydrogen) atoms. The number of likely N-dealkylation sites (tertiary alicyclic amines) is 1. The van der Waals surface area contributed by atoms with Crippen LogP contribution in [-0.4, -0.2) is 40.8 Å². The number of aliphatic hydroxyl groups excluding tert-OH is 1. The molecule has 1 amide bonds. The molecule has 124 valence electrons. The van der Waals surface area contributed by atoms with Crippen LogP contribution in [0.5, 0.6) is 0 Å². The highest BCUT2D eigenvalue weighted by Gasteiger charge is 2.48. The van der Waals surface area contributed by atoms with Crippen molar-refractivity contribution in [3.63, 3.8) is 0 Å². The van der Waals surface area contributed by atoms with E-state index in [1.54, 1.807) is 18.2 Å². The summed E-state index contributed by atoms with van der Waals surface area (Å²) in [6.45, 7) is 0.164. The Morgan fingerprint density at radius 2 is 2.13 bits per heavy atom. The Bertz CT molecular complexity index is 743. The fourth-order valence-corrected chi connectivity index (χ4v) is 3.23. The molecule has 0 saturated carbocycles. The highest BCUT2D eigenvalue weighted by molar-refractivity contribution is 9.10. The maximum Gasteiger partial charge on any atom is 0.416 e. The molecule has 0 aliphatic carbocycles. The van der Waals surface area contributed by atoms with Crippen molar-refractivity contribution in [2.45, 2.75) is 31.2 Å². The Morgan fingerprint density at radius 3 is 2.83 bits per heavy atom. The summed E-state index contributed by atoms with van der Waals surface area (Å²) in [5.41, 5.74) is 0.476. The number of nitrogens with zero attached hydrogens (tertiary/aromatic N) is 1. The molecule has 1 aromatic carbocycles. The third-order valence-corrected chi connectivity index (χ3v) is 4.44. The number of carbonyl (C=O) groups is 1. The van der Waals surface area contributed by atoms with Crippen molar-refractivity contribution in [1.82, 2.24) is 4.90 Å². The van der Waals surface area contributed by atoms with Crippen LogP contribution >= 0.6 is 15.9 Å². The van der Waals surface area contributed by atoms with Crippen molar-refractivity contribution in [3.05, 3.63) is 34.5 Å². The summed E-state index contributed by atoms with van der Waals surface area (Å²) >= 11 is 3.30. The van der Waals surface area contributed by atoms with Gasteiger partial charge in [0.25, 0.3) is 5.91 Å². The summed E-state index contributed by atoms with van der Waals surface area (Å²) < 4.78 is 44.4. The Kier molecular flexibility index (Phi) is 4.14. The lowest BCUT2D eigenvalue weighted by Crippen LogP contribution is -2.49. The predicted octanol–water partition coefficient (Wildman–Crippen LogP) is 3.72. The Labute approximate surface area is 138 Å². The van der Waals surface area contributed by atoms with Gasteiger partial charge in [0.2, 0.25) is 0 Å². The van der Waals surface area contributed by atoms with Crippen LogP contribution in [0.1, 0.15) is 23.4 Å². The summed E-state index contributed by atoms with van der Waals surface area (Å²) in [4.78, 5) is 13.5. The summed E-state index contributed by atoms with van der Waals surface area (Å²) in [6, 6.07) is 5.38. The number of hydrogen-bond donors (Lipinski definition) is 1. The van der Waals surface area contributed by atoms with Gasteiger partial charge >= 0.3 is 6.18 Å². The fourth-order valence-electron chi connectivity index (χ4n) is 2.85. The van der Waals surface area contributed by atoms with Crippen molar-refractivity contribution in [2.75, 3.05) is 6.54 Å². The normalized spacial score (nSPS) is 20.2. The average molecular weight is 392 g/mol. The second-order valence-electron chi connectivity index (χ2n) is 5.49. The van der Waals surface area contributed by atoms with Gasteiger partial charge in [-0.1, -0.05) is 15.9 Å². The highest BCUT2D eigenvalue weighted by Crippen LogP contribution is 2.32. The van der Waals surface area contributed by atoms with E-state index >= 15 is 0 Å². The first-order chi connectivity index (χ1) is 10.8. The summed E-state index contributed by atoms with van der Waals surface area (Å²) in [7, 11) is 0. The van der Waals surface area contributed by atoms with Crippen molar-refractivity contribution < 1.29 is 27.5 Å². The number of rotatable bonds is 2. The van der Waals surface area contributed by atoms with Gasteiger partial charge in [-0.3, -0.25) is 4.79 Å². The first-order valence-corrected chi connectivity index (χ1v) is 7.81. The predicted molar refractivity (Wildman–Crippen MR) is 80.0 cm³/mol. The molecule has 1 aliphatic heterocycles. The van der Waals surface area contributed by atoms with Gasteiger partial charge in [-0.2, -0.15) is 13.2 Å². The Balaban J connectivity index is 1.88. The molecule has 0 radical (unpaired) electrons. The van der Waals surface area contributed by atoms with E-state index in [0.717, 1.165) is 9.37 Å². The van der Waals surface area contributed by atoms with Crippen molar-refractivity contribution in [3.8, 4) is 0 Å². The Morgan fingerprint density at radius 1 is 1.39 bits per heavy atom. The number of alkyl halides is 3. The molecule has 1 fully saturated rings. The standard InChI is InChI=1S/C15H13BrF3NO3/c16-9-3-4-11-8(6-9)7-12(23-11)14(22)20-5-1-2-10(20)13(21)15(17,18)19/h3-4,6-7,10,13,21H,1-2,5H2. The molecule has 0 spiro atoms. The van der Waals surface area contributed by atoms with Gasteiger partial charge in [-0.05, 0) is 37.1 Å². The molecule has 2 aromatic rings. The number of aliphatic hydroxyl groups is 1. The minimum Gasteiger partial charge on any atom is -0.451 e. The first kappa shape index (κ1) is 16.3. The van der Waals surface area contributed by atoms with Crippen LogP contribution in [0.25, 0.3) is 11.0 Å². The molecule has 2 atom stereocenters. The monoisotopic (exact) mass is 391 g/mol. The number of fused-ring (bicyclic) bond motifs is 1. The zero-order valence-electron chi connectivity index (χ0n) is 11.8. The molecule has 1 aliphatic rings. The smallest absolute Gasteiger partial charge is 0.416 e. The quantitative estimate of drug-likeness (QED) is 0.848. The molecule has 1 N–H and O–H groups in total. The van der Waals surface area contributed by atoms with Crippen molar-refractivity contribution in [2.24, 2.45) is 0 Å². The number of carbonyl (C=O) groups excluding carboxylic acids is 1. The summed E-state index contributed by atoms with van der Waals surface area (Å²) in [6.07, 6.45) is -6.78. The molecule has 0 bridgehead atoms. The number of furan rings is 1. The third-order valence-electron chi connectivity index (χ3n) is 3.95. The lowest BCUT2D eigenvalue weighted by Gasteiger charge is -2.29. The number of halogens is 4. The molecule has 3 rings (SSSR count). The lowest BCUT2D eigenvalue weighted by molar-refractivity contribution is -0.216. The largest absolute Gasteiger partial charge is 0.451 e. The van der Waals surface area contributed by atoms with Crippen molar-refractivity contribution in [1.29, 1.82) is 0 Å². The van der Waals surface area contributed by atoms with Gasteiger partial charge in [0.15, 0.2) is 11.9 Å². The minimum atomic E-state index is -4.76. The lowest BCUT2D eigenvalue weighted by atomic mass is 10.1. The number of benzene rings is 1. The molecule has 2 heterocycles. The fraction of sp³-hybridized carbons (Fsp3) is 0.400. The van der Waals surface area contributed by atoms with Crippen molar-refractivity contribution >= 4 is 32.8 Å². The van der Waals surface area contributed by atoms with Gasteiger partial charge in [-0.15, -0.1) is 0 Å². The van der Waals surface area contributed by atoms with Crippen LogP contribution in [0.3, 0.4) is 0 Å². The molecular weight excluding hydrogens is 379 g/mol. The molecular formula is C15H13BrF3NO3. The van der Waals surface area contributed by atoms with Gasteiger partial charge in [-0.25, -0.2) is 0 Å². The molecule has 2 unspecified atom stereocenters. The summed E-state index contributed by atoms with van der Waals surface area (Å²) in [5.74, 6) is -0.664. The highest BCUT2D eigenvalue weighted by atomic mass is 79.9. The minimum absolute atomic E-state index is 0.0284. The van der Waals surface area contributed by atoms with E-state index in [4.69, 9.17) is 4.42 Å². The van der Waals surface area contributed by atoms with Crippen LogP contribution in [0.4, 0.5) is 13.2 Å². The van der Waals surface area contributed by atoms with E-state index in [1.807, 2.05) is 0 Å². The molecule has 8 heteroatoms. The first-order valence-electron chi connectivity index (χ1n) is 7.02. The van der Waals surface area contributed by atoms with E-state index in [-0.39, 0.29) is 18.7 Å². The van der Waals surface area contributed by atoms with E-state index in [9.17, 15) is 23.1 Å². The van der Waals surface area contributed by atoms with Gasteiger partial charge in [0, 0.05) is 16.4 Å². The average Bonchev–Trinajstić information content (AvgIpc) is 3.10. The van der Waals surface area contributed by atoms with Crippen LogP contribution in [-0.2, 0) is 0 Å².